The molecule has 2 aromatic rings. The lowest BCUT2D eigenvalue weighted by atomic mass is 9.59. The van der Waals surface area contributed by atoms with Crippen LogP contribution in [0.15, 0.2) is 53.6 Å². The monoisotopic (exact) mass is 436 g/mol. The standard InChI is InChI=1S/C23H20N2O7/c24-22(31)18-15(27)9-11-7-10-8-12-13(25-5-1-2-6-25)3-4-14(26)17(12)19(28)16(10)20(29)23(11,32)21(18)30/h1-6,10-11,26,28,30,32H,7-9H2,(H2,24,31). The van der Waals surface area contributed by atoms with Crippen LogP contribution >= 0.6 is 0 Å². The number of Topliss-reactive ketones (excluding diaryl/α,β-unsaturated/α-hetero) is 2. The summed E-state index contributed by atoms with van der Waals surface area (Å²) in [4.78, 5) is 37.5. The maximum Gasteiger partial charge on any atom is 0.255 e. The van der Waals surface area contributed by atoms with Gasteiger partial charge in [-0.15, -0.1) is 0 Å². The third kappa shape index (κ3) is 2.45. The first-order valence-corrected chi connectivity index (χ1v) is 10.1. The van der Waals surface area contributed by atoms with Gasteiger partial charge in [0.1, 0.15) is 22.8 Å². The minimum absolute atomic E-state index is 0.0725. The van der Waals surface area contributed by atoms with Crippen LogP contribution in [0.25, 0.3) is 11.4 Å². The number of ketones is 2. The van der Waals surface area contributed by atoms with Crippen molar-refractivity contribution in [3.63, 3.8) is 0 Å². The molecule has 0 bridgehead atoms. The van der Waals surface area contributed by atoms with Crippen molar-refractivity contribution in [1.29, 1.82) is 0 Å². The van der Waals surface area contributed by atoms with Gasteiger partial charge in [0.2, 0.25) is 5.78 Å². The highest BCUT2D eigenvalue weighted by atomic mass is 16.3. The van der Waals surface area contributed by atoms with E-state index in [1.807, 2.05) is 29.1 Å². The normalized spacial score (nSPS) is 27.2. The second kappa shape index (κ2) is 6.57. The number of carbonyl (C=O) groups excluding carboxylic acids is 3. The average Bonchev–Trinajstić information content (AvgIpc) is 3.25. The van der Waals surface area contributed by atoms with Gasteiger partial charge in [-0.1, -0.05) is 0 Å². The second-order valence-electron chi connectivity index (χ2n) is 8.45. The van der Waals surface area contributed by atoms with E-state index in [1.54, 1.807) is 6.07 Å². The molecule has 1 aromatic heterocycles. The molecule has 0 aliphatic heterocycles. The molecule has 3 aliphatic carbocycles. The molecule has 1 amide bonds. The Labute approximate surface area is 181 Å². The van der Waals surface area contributed by atoms with Crippen molar-refractivity contribution in [3.05, 3.63) is 64.7 Å². The fourth-order valence-corrected chi connectivity index (χ4v) is 5.34. The third-order valence-corrected chi connectivity index (χ3v) is 6.81. The van der Waals surface area contributed by atoms with Gasteiger partial charge in [-0.25, -0.2) is 0 Å². The summed E-state index contributed by atoms with van der Waals surface area (Å²) in [7, 11) is 0. The van der Waals surface area contributed by atoms with Crippen LogP contribution in [-0.4, -0.2) is 48.1 Å². The number of aliphatic hydroxyl groups is 3. The highest BCUT2D eigenvalue weighted by Gasteiger charge is 2.60. The van der Waals surface area contributed by atoms with E-state index in [4.69, 9.17) is 5.73 Å². The third-order valence-electron chi connectivity index (χ3n) is 6.81. The molecule has 0 spiro atoms. The molecule has 9 nitrogen and oxygen atoms in total. The summed E-state index contributed by atoms with van der Waals surface area (Å²) in [5, 5.41) is 43.3. The first kappa shape index (κ1) is 20.1. The Balaban J connectivity index is 1.72. The van der Waals surface area contributed by atoms with Crippen molar-refractivity contribution in [2.24, 2.45) is 17.6 Å². The Morgan fingerprint density at radius 2 is 1.78 bits per heavy atom. The zero-order valence-corrected chi connectivity index (χ0v) is 16.8. The number of hydrogen-bond acceptors (Lipinski definition) is 7. The number of phenols is 1. The molecule has 164 valence electrons. The fraction of sp³-hybridized carbons (Fsp3) is 0.261. The summed E-state index contributed by atoms with van der Waals surface area (Å²) in [6, 6.07) is 6.75. The number of aromatic nitrogens is 1. The summed E-state index contributed by atoms with van der Waals surface area (Å²) < 4.78 is 1.81. The Morgan fingerprint density at radius 1 is 1.09 bits per heavy atom. The quantitative estimate of drug-likeness (QED) is 0.442. The SMILES string of the molecule is NC(=O)C1=C(O)C2(O)C(=O)C3=C(O)c4c(O)ccc(-n5cccc5)c4CC3CC2CC1=O. The lowest BCUT2D eigenvalue weighted by Crippen LogP contribution is -2.58. The van der Waals surface area contributed by atoms with Crippen molar-refractivity contribution < 1.29 is 34.8 Å². The Bertz CT molecular complexity index is 1270. The number of carbonyl (C=O) groups is 3. The molecule has 5 rings (SSSR count). The maximum absolute atomic E-state index is 13.4. The molecule has 0 radical (unpaired) electrons. The topological polar surface area (TPSA) is 163 Å². The molecule has 6 N–H and O–H groups in total. The molecule has 0 saturated heterocycles. The molecule has 3 unspecified atom stereocenters. The van der Waals surface area contributed by atoms with Gasteiger partial charge >= 0.3 is 0 Å². The van der Waals surface area contributed by atoms with Crippen molar-refractivity contribution >= 4 is 23.2 Å². The number of amides is 1. The number of nitrogens with zero attached hydrogens (tertiary/aromatic N) is 1. The van der Waals surface area contributed by atoms with E-state index in [0.29, 0.717) is 11.3 Å². The molecule has 1 aromatic carbocycles. The number of fused-ring (bicyclic) bond motifs is 3. The van der Waals surface area contributed by atoms with Crippen LogP contribution in [0, 0.1) is 11.8 Å². The lowest BCUT2D eigenvalue weighted by Gasteiger charge is -2.46. The van der Waals surface area contributed by atoms with Crippen molar-refractivity contribution in [3.8, 4) is 11.4 Å². The average molecular weight is 436 g/mol. The van der Waals surface area contributed by atoms with Crippen LogP contribution in [0.2, 0.25) is 0 Å². The predicted octanol–water partition coefficient (Wildman–Crippen LogP) is 1.21. The number of hydrogen-bond donors (Lipinski definition) is 5. The van der Waals surface area contributed by atoms with E-state index in [2.05, 4.69) is 0 Å². The van der Waals surface area contributed by atoms with Crippen LogP contribution in [0.1, 0.15) is 24.0 Å². The van der Waals surface area contributed by atoms with E-state index in [1.165, 1.54) is 6.07 Å². The Hall–Kier alpha value is -3.85. The Morgan fingerprint density at radius 3 is 2.44 bits per heavy atom. The van der Waals surface area contributed by atoms with Gasteiger partial charge in [0.05, 0.1) is 5.56 Å². The smallest absolute Gasteiger partial charge is 0.255 e. The van der Waals surface area contributed by atoms with Crippen LogP contribution in [-0.2, 0) is 20.8 Å². The summed E-state index contributed by atoms with van der Waals surface area (Å²) in [5.41, 5.74) is 3.07. The number of rotatable bonds is 2. The van der Waals surface area contributed by atoms with Gasteiger partial charge < -0.3 is 30.7 Å². The first-order valence-electron chi connectivity index (χ1n) is 10.1. The second-order valence-corrected chi connectivity index (χ2v) is 8.45. The van der Waals surface area contributed by atoms with E-state index in [0.717, 1.165) is 0 Å². The van der Waals surface area contributed by atoms with Crippen molar-refractivity contribution in [2.45, 2.75) is 24.9 Å². The molecule has 1 saturated carbocycles. The van der Waals surface area contributed by atoms with Gasteiger partial charge in [-0.2, -0.15) is 0 Å². The lowest BCUT2D eigenvalue weighted by molar-refractivity contribution is -0.147. The van der Waals surface area contributed by atoms with Crippen LogP contribution in [0.5, 0.6) is 5.75 Å². The predicted molar refractivity (Wildman–Crippen MR) is 111 cm³/mol. The van der Waals surface area contributed by atoms with E-state index in [9.17, 15) is 34.8 Å². The number of primary amides is 1. The molecule has 1 fully saturated rings. The van der Waals surface area contributed by atoms with E-state index in [-0.39, 0.29) is 36.1 Å². The molecule has 1 heterocycles. The highest BCUT2D eigenvalue weighted by Crippen LogP contribution is 2.52. The molecule has 32 heavy (non-hydrogen) atoms. The largest absolute Gasteiger partial charge is 0.508 e. The maximum atomic E-state index is 13.4. The van der Waals surface area contributed by atoms with Crippen LogP contribution < -0.4 is 5.73 Å². The fourth-order valence-electron chi connectivity index (χ4n) is 5.34. The van der Waals surface area contributed by atoms with E-state index < -0.39 is 52.0 Å². The summed E-state index contributed by atoms with van der Waals surface area (Å²) in [5.74, 6) is -6.34. The van der Waals surface area contributed by atoms with Crippen LogP contribution in [0.4, 0.5) is 0 Å². The molecule has 3 aliphatic rings. The number of nitrogens with two attached hydrogens (primary N) is 1. The van der Waals surface area contributed by atoms with Gasteiger partial charge in [0.25, 0.3) is 5.91 Å². The van der Waals surface area contributed by atoms with Crippen molar-refractivity contribution in [1.82, 2.24) is 4.57 Å². The van der Waals surface area contributed by atoms with Gasteiger partial charge in [-0.05, 0) is 48.6 Å². The van der Waals surface area contributed by atoms with Gasteiger partial charge in [0.15, 0.2) is 11.4 Å². The Kier molecular flexibility index (Phi) is 4.12. The summed E-state index contributed by atoms with van der Waals surface area (Å²) >= 11 is 0. The minimum atomic E-state index is -2.55. The summed E-state index contributed by atoms with van der Waals surface area (Å²) in [6.45, 7) is 0. The number of benzene rings is 1. The zero-order valence-electron chi connectivity index (χ0n) is 16.8. The van der Waals surface area contributed by atoms with Crippen LogP contribution in [0.3, 0.4) is 0 Å². The zero-order chi connectivity index (χ0) is 22.9. The molecule has 9 heteroatoms. The number of phenolic OH excluding ortho intramolecular Hbond substituents is 1. The number of aliphatic hydroxyl groups excluding tert-OH is 2. The molecular formula is C23H20N2O7. The number of aromatic hydroxyl groups is 1. The molecular weight excluding hydrogens is 416 g/mol. The summed E-state index contributed by atoms with van der Waals surface area (Å²) in [6.07, 6.45) is 3.63. The van der Waals surface area contributed by atoms with Gasteiger partial charge in [0, 0.05) is 36.0 Å². The first-order chi connectivity index (χ1) is 15.2. The van der Waals surface area contributed by atoms with E-state index >= 15 is 0 Å². The molecule has 3 atom stereocenters. The van der Waals surface area contributed by atoms with Crippen molar-refractivity contribution in [2.75, 3.05) is 0 Å². The van der Waals surface area contributed by atoms with Gasteiger partial charge in [-0.3, -0.25) is 14.4 Å². The minimum Gasteiger partial charge on any atom is -0.508 e. The highest BCUT2D eigenvalue weighted by molar-refractivity contribution is 6.22.